The molecule has 2 aliphatic rings. The summed E-state index contributed by atoms with van der Waals surface area (Å²) in [5.41, 5.74) is 17.5. The second kappa shape index (κ2) is 18.5. The molecule has 1 unspecified atom stereocenters. The summed E-state index contributed by atoms with van der Waals surface area (Å²) < 4.78 is 8.13. The standard InChI is InChI=1S/C44H63N2O2/c1-33(19-21-41-37(5)42(48-30-26-45)22-25-44(41,8)9)13-10-15-35(3)31-39-32-38(23-27-46(39)28-29-47)17-11-14-34(2)18-20-40-36(4)16-12-24-43(40,6)7/h10-11,13-15,17-21,23,27,31-32,42,47H,12,16,22,24-26,28-30,45H2,1-9H3/q+1/b15-10+,17-11+,20-18+,21-19+,33-13+,34-14+,35-31+. The predicted octanol–water partition coefficient (Wildman–Crippen LogP) is 9.95. The molecule has 4 heteroatoms. The number of hydrogen-bond donors (Lipinski definition) is 2. The lowest BCUT2D eigenvalue weighted by Crippen LogP contribution is -2.38. The fourth-order valence-corrected chi connectivity index (χ4v) is 6.92. The molecule has 1 heterocycles. The first-order valence-corrected chi connectivity index (χ1v) is 17.9. The summed E-state index contributed by atoms with van der Waals surface area (Å²) in [6.07, 6.45) is 32.2. The Bertz CT molecular complexity index is 1530. The summed E-state index contributed by atoms with van der Waals surface area (Å²) in [4.78, 5) is 0. The Balaban J connectivity index is 1.73. The van der Waals surface area contributed by atoms with E-state index in [-0.39, 0.29) is 23.5 Å². The maximum atomic E-state index is 9.68. The van der Waals surface area contributed by atoms with Crippen LogP contribution < -0.4 is 10.3 Å². The molecule has 3 rings (SSSR count). The molecule has 2 aliphatic carbocycles. The molecule has 1 atom stereocenters. The average molecular weight is 652 g/mol. The van der Waals surface area contributed by atoms with E-state index in [0.29, 0.717) is 19.7 Å². The van der Waals surface area contributed by atoms with Gasteiger partial charge in [-0.15, -0.1) is 0 Å². The lowest BCUT2D eigenvalue weighted by atomic mass is 9.71. The molecule has 0 aromatic carbocycles. The maximum Gasteiger partial charge on any atom is 0.206 e. The molecule has 0 fully saturated rings. The molecule has 3 N–H and O–H groups in total. The van der Waals surface area contributed by atoms with Crippen LogP contribution in [-0.2, 0) is 11.3 Å². The minimum absolute atomic E-state index is 0.0947. The third kappa shape index (κ3) is 11.7. The highest BCUT2D eigenvalue weighted by molar-refractivity contribution is 5.57. The van der Waals surface area contributed by atoms with Gasteiger partial charge in [-0.2, -0.15) is 4.57 Å². The van der Waals surface area contributed by atoms with Gasteiger partial charge in [0.05, 0.1) is 12.7 Å². The Kier molecular flexibility index (Phi) is 15.0. The molecule has 0 bridgehead atoms. The smallest absolute Gasteiger partial charge is 0.206 e. The van der Waals surface area contributed by atoms with Crippen LogP contribution in [0, 0.1) is 10.8 Å². The lowest BCUT2D eigenvalue weighted by molar-refractivity contribution is -0.699. The van der Waals surface area contributed by atoms with Gasteiger partial charge in [0.2, 0.25) is 5.69 Å². The van der Waals surface area contributed by atoms with Crippen LogP contribution >= 0.6 is 0 Å². The number of pyridine rings is 1. The molecule has 4 nitrogen and oxygen atoms in total. The van der Waals surface area contributed by atoms with Crippen LogP contribution in [0.1, 0.15) is 106 Å². The summed E-state index contributed by atoms with van der Waals surface area (Å²) >= 11 is 0. The van der Waals surface area contributed by atoms with Gasteiger partial charge in [-0.05, 0) is 105 Å². The van der Waals surface area contributed by atoms with Gasteiger partial charge in [-0.1, -0.05) is 105 Å². The Hall–Kier alpha value is -3.31. The Morgan fingerprint density at radius 3 is 2.25 bits per heavy atom. The van der Waals surface area contributed by atoms with Crippen molar-refractivity contribution in [2.75, 3.05) is 19.8 Å². The van der Waals surface area contributed by atoms with Crippen molar-refractivity contribution in [2.45, 2.75) is 107 Å². The van der Waals surface area contributed by atoms with Gasteiger partial charge in [0, 0.05) is 24.8 Å². The van der Waals surface area contributed by atoms with Gasteiger partial charge in [0.1, 0.15) is 6.61 Å². The van der Waals surface area contributed by atoms with E-state index in [1.807, 2.05) is 0 Å². The van der Waals surface area contributed by atoms with Crippen molar-refractivity contribution in [1.82, 2.24) is 0 Å². The normalized spacial score (nSPS) is 21.2. The number of allylic oxidation sites excluding steroid dienone is 15. The second-order valence-corrected chi connectivity index (χ2v) is 15.0. The molecule has 1 aromatic heterocycles. The number of nitrogens with two attached hydrogens (primary N) is 1. The summed E-state index contributed by atoms with van der Waals surface area (Å²) in [6.45, 7) is 22.1. The highest BCUT2D eigenvalue weighted by atomic mass is 16.5. The van der Waals surface area contributed by atoms with Crippen molar-refractivity contribution in [3.05, 3.63) is 123 Å². The Labute approximate surface area is 292 Å². The van der Waals surface area contributed by atoms with E-state index in [4.69, 9.17) is 10.5 Å². The molecule has 0 saturated carbocycles. The molecule has 0 spiro atoms. The summed E-state index contributed by atoms with van der Waals surface area (Å²) in [5.74, 6) is 0. The molecule has 0 amide bonds. The number of nitrogens with zero attached hydrogens (tertiary/aromatic N) is 1. The molecular weight excluding hydrogens is 588 g/mol. The summed E-state index contributed by atoms with van der Waals surface area (Å²) in [6, 6.07) is 4.28. The first-order valence-electron chi connectivity index (χ1n) is 17.9. The summed E-state index contributed by atoms with van der Waals surface area (Å²) in [7, 11) is 0. The highest BCUT2D eigenvalue weighted by Gasteiger charge is 2.32. The van der Waals surface area contributed by atoms with E-state index < -0.39 is 0 Å². The van der Waals surface area contributed by atoms with Gasteiger partial charge in [-0.25, -0.2) is 0 Å². The van der Waals surface area contributed by atoms with Crippen molar-refractivity contribution >= 4 is 12.2 Å². The van der Waals surface area contributed by atoms with Crippen molar-refractivity contribution in [3.8, 4) is 0 Å². The van der Waals surface area contributed by atoms with E-state index in [1.54, 1.807) is 0 Å². The third-order valence-corrected chi connectivity index (χ3v) is 9.85. The number of rotatable bonds is 14. The van der Waals surface area contributed by atoms with Crippen LogP contribution in [0.3, 0.4) is 0 Å². The Morgan fingerprint density at radius 2 is 1.58 bits per heavy atom. The topological polar surface area (TPSA) is 59.4 Å². The van der Waals surface area contributed by atoms with Crippen molar-refractivity contribution < 1.29 is 14.4 Å². The van der Waals surface area contributed by atoms with E-state index >= 15 is 0 Å². The van der Waals surface area contributed by atoms with Crippen molar-refractivity contribution in [1.29, 1.82) is 0 Å². The highest BCUT2D eigenvalue weighted by Crippen LogP contribution is 2.42. The predicted molar refractivity (Wildman–Crippen MR) is 206 cm³/mol. The third-order valence-electron chi connectivity index (χ3n) is 9.85. The van der Waals surface area contributed by atoms with E-state index in [1.165, 1.54) is 52.7 Å². The van der Waals surface area contributed by atoms with Crippen LogP contribution in [0.5, 0.6) is 0 Å². The first kappa shape index (κ1) is 39.1. The number of hydrogen-bond acceptors (Lipinski definition) is 3. The fourth-order valence-electron chi connectivity index (χ4n) is 6.92. The van der Waals surface area contributed by atoms with Gasteiger partial charge in [0.25, 0.3) is 0 Å². The zero-order valence-corrected chi connectivity index (χ0v) is 31.4. The van der Waals surface area contributed by atoms with E-state index in [0.717, 1.165) is 29.7 Å². The average Bonchev–Trinajstić information content (AvgIpc) is 3.01. The fraction of sp³-hybridized carbons (Fsp3) is 0.477. The molecule has 0 aliphatic heterocycles. The second-order valence-electron chi connectivity index (χ2n) is 15.0. The van der Waals surface area contributed by atoms with E-state index in [9.17, 15) is 5.11 Å². The maximum absolute atomic E-state index is 9.68. The van der Waals surface area contributed by atoms with Crippen molar-refractivity contribution in [3.63, 3.8) is 0 Å². The van der Waals surface area contributed by atoms with Crippen LogP contribution in [-0.4, -0.2) is 31.0 Å². The van der Waals surface area contributed by atoms with Gasteiger partial charge < -0.3 is 15.6 Å². The molecular formula is C44H63N2O2+. The van der Waals surface area contributed by atoms with Crippen LogP contribution in [0.25, 0.3) is 12.2 Å². The molecule has 260 valence electrons. The molecule has 0 saturated heterocycles. The number of ether oxygens (including phenoxy) is 1. The van der Waals surface area contributed by atoms with Crippen molar-refractivity contribution in [2.24, 2.45) is 16.6 Å². The van der Waals surface area contributed by atoms with Crippen LogP contribution in [0.2, 0.25) is 0 Å². The zero-order valence-electron chi connectivity index (χ0n) is 31.4. The molecule has 0 radical (unpaired) electrons. The number of aromatic nitrogens is 1. The SMILES string of the molecule is CC1=C(/C=C/C(C)=C/C=C/c2cc[n+](CCO)c(/C=C(C)/C=C/C=C(C)/C=C/C3=C(C)C(OCCN)CCC3(C)C)c2)C(C)(C)CCC1. The summed E-state index contributed by atoms with van der Waals surface area (Å²) in [5, 5.41) is 9.68. The molecule has 48 heavy (non-hydrogen) atoms. The van der Waals surface area contributed by atoms with Crippen LogP contribution in [0.4, 0.5) is 0 Å². The van der Waals surface area contributed by atoms with Gasteiger partial charge in [0.15, 0.2) is 12.7 Å². The van der Waals surface area contributed by atoms with Crippen LogP contribution in [0.15, 0.2) is 112 Å². The largest absolute Gasteiger partial charge is 0.390 e. The van der Waals surface area contributed by atoms with Gasteiger partial charge >= 0.3 is 0 Å². The molecule has 1 aromatic rings. The number of aliphatic hydroxyl groups excluding tert-OH is 1. The first-order chi connectivity index (χ1) is 22.8. The number of aliphatic hydroxyl groups is 1. The van der Waals surface area contributed by atoms with Gasteiger partial charge in [-0.3, -0.25) is 0 Å². The lowest BCUT2D eigenvalue weighted by Gasteiger charge is -2.37. The minimum atomic E-state index is 0.0947. The Morgan fingerprint density at radius 1 is 0.917 bits per heavy atom. The van der Waals surface area contributed by atoms with E-state index in [2.05, 4.69) is 152 Å². The minimum Gasteiger partial charge on any atom is -0.390 e. The monoisotopic (exact) mass is 651 g/mol. The zero-order chi connectivity index (χ0) is 35.3. The quantitative estimate of drug-likeness (QED) is 0.156.